The first-order valence-corrected chi connectivity index (χ1v) is 9.40. The molecule has 0 radical (unpaired) electrons. The Balaban J connectivity index is 2.10. The summed E-state index contributed by atoms with van der Waals surface area (Å²) in [5, 5.41) is 0. The van der Waals surface area contributed by atoms with Gasteiger partial charge in [-0.3, -0.25) is 0 Å². The summed E-state index contributed by atoms with van der Waals surface area (Å²) < 4.78 is 85.3. The molecule has 3 rings (SSSR count). The fourth-order valence-corrected chi connectivity index (χ4v) is 2.68. The van der Waals surface area contributed by atoms with Gasteiger partial charge in [0.2, 0.25) is 0 Å². The molecule has 0 atom stereocenters. The minimum Gasteiger partial charge on any atom is -0.444 e. The molecule has 0 bridgehead atoms. The van der Waals surface area contributed by atoms with Crippen molar-refractivity contribution in [3.05, 3.63) is 18.2 Å². The van der Waals surface area contributed by atoms with Gasteiger partial charge in [-0.15, -0.1) is 0 Å². The molecule has 7 nitrogen and oxygen atoms in total. The van der Waals surface area contributed by atoms with Crippen molar-refractivity contribution in [2.24, 2.45) is 0 Å². The van der Waals surface area contributed by atoms with Gasteiger partial charge in [0.1, 0.15) is 5.60 Å². The number of rotatable bonds is 2. The highest BCUT2D eigenvalue weighted by molar-refractivity contribution is 6.62. The van der Waals surface area contributed by atoms with E-state index >= 15 is 0 Å². The second kappa shape index (κ2) is 7.40. The Bertz CT molecular complexity index is 1050. The van der Waals surface area contributed by atoms with Crippen LogP contribution in [0.25, 0.3) is 0 Å². The lowest BCUT2D eigenvalue weighted by atomic mass is 9.78. The largest absolute Gasteiger partial charge is 0.494 e. The molecule has 160 valence electrons. The average Bonchev–Trinajstić information content (AvgIpc) is 2.87. The summed E-state index contributed by atoms with van der Waals surface area (Å²) in [6.45, 7) is -1.50. The molecule has 1 amide bonds. The Morgan fingerprint density at radius 2 is 1.69 bits per heavy atom. The molecule has 2 aliphatic rings. The summed E-state index contributed by atoms with van der Waals surface area (Å²) in [6, 6.07) is 4.10. The summed E-state index contributed by atoms with van der Waals surface area (Å²) >= 11 is 0. The lowest BCUT2D eigenvalue weighted by molar-refractivity contribution is 0.00578. The molecule has 1 aromatic carbocycles. The predicted octanol–water partition coefficient (Wildman–Crippen LogP) is 2.63. The van der Waals surface area contributed by atoms with Crippen LogP contribution in [0.3, 0.4) is 0 Å². The van der Waals surface area contributed by atoms with E-state index in [2.05, 4.69) is 0 Å². The number of carbonyl (C=O) groups excluding carboxylic acids is 1. The van der Waals surface area contributed by atoms with E-state index in [0.29, 0.717) is 10.4 Å². The average molecular weight is 411 g/mol. The molecule has 0 aromatic heterocycles. The standard InChI is InChI=1S/C21H34BN3O4/c1-19(2,3)27-18(26)25-12-10-24(11-13-25)17-9-8-15(14-16(17)23)22-28-20(4,5)21(6,7)29-22/h8-9,14H,10-13,23H2,1-7H3/i10D2,11D2,12D2,13D2. The van der Waals surface area contributed by atoms with Crippen molar-refractivity contribution >= 4 is 30.0 Å². The predicted molar refractivity (Wildman–Crippen MR) is 117 cm³/mol. The number of nitrogen functional groups attached to an aromatic ring is 1. The first kappa shape index (κ1) is 13.4. The van der Waals surface area contributed by atoms with Gasteiger partial charge in [0.15, 0.2) is 0 Å². The van der Waals surface area contributed by atoms with Crippen LogP contribution >= 0.6 is 0 Å². The summed E-state index contributed by atoms with van der Waals surface area (Å²) in [7, 11) is -0.822. The molecule has 0 saturated carbocycles. The molecular weight excluding hydrogens is 369 g/mol. The van der Waals surface area contributed by atoms with Gasteiger partial charge in [-0.25, -0.2) is 4.79 Å². The van der Waals surface area contributed by atoms with Crippen LogP contribution in [-0.2, 0) is 14.0 Å². The molecule has 0 aliphatic carbocycles. The van der Waals surface area contributed by atoms with Gasteiger partial charge in [-0.1, -0.05) is 6.07 Å². The van der Waals surface area contributed by atoms with Crippen LogP contribution in [0.5, 0.6) is 0 Å². The second-order valence-electron chi connectivity index (χ2n) is 9.00. The molecular formula is C21H34BN3O4. The zero-order valence-corrected chi connectivity index (χ0v) is 17.9. The van der Waals surface area contributed by atoms with Gasteiger partial charge in [-0.2, -0.15) is 0 Å². The van der Waals surface area contributed by atoms with E-state index in [1.54, 1.807) is 0 Å². The number of ether oxygens (including phenoxy) is 1. The van der Waals surface area contributed by atoms with Crippen molar-refractivity contribution in [1.82, 2.24) is 4.90 Å². The number of nitrogens with two attached hydrogens (primary N) is 1. The Hall–Kier alpha value is -1.93. The van der Waals surface area contributed by atoms with Crippen LogP contribution in [0.4, 0.5) is 16.2 Å². The topological polar surface area (TPSA) is 77.3 Å². The van der Waals surface area contributed by atoms with Crippen LogP contribution in [0.1, 0.15) is 59.4 Å². The van der Waals surface area contributed by atoms with E-state index < -0.39 is 56.0 Å². The fourth-order valence-electron chi connectivity index (χ4n) is 2.68. The minimum atomic E-state index is -3.39. The van der Waals surface area contributed by atoms with Crippen LogP contribution in [0.15, 0.2) is 18.2 Å². The Labute approximate surface area is 185 Å². The van der Waals surface area contributed by atoms with E-state index in [1.165, 1.54) is 39.0 Å². The Morgan fingerprint density at radius 1 is 1.14 bits per heavy atom. The molecule has 2 aliphatic heterocycles. The van der Waals surface area contributed by atoms with E-state index in [0.717, 1.165) is 0 Å². The highest BCUT2D eigenvalue weighted by atomic mass is 16.7. The Kier molecular flexibility index (Phi) is 3.42. The highest BCUT2D eigenvalue weighted by Gasteiger charge is 2.51. The molecule has 0 unspecified atom stereocenters. The smallest absolute Gasteiger partial charge is 0.444 e. The van der Waals surface area contributed by atoms with Crippen LogP contribution < -0.4 is 16.1 Å². The van der Waals surface area contributed by atoms with Gasteiger partial charge in [-0.05, 0) is 66.1 Å². The lowest BCUT2D eigenvalue weighted by Crippen LogP contribution is -2.50. The monoisotopic (exact) mass is 411 g/mol. The van der Waals surface area contributed by atoms with Crippen molar-refractivity contribution in [2.45, 2.75) is 65.3 Å². The van der Waals surface area contributed by atoms with E-state index in [9.17, 15) is 4.79 Å². The summed E-state index contributed by atoms with van der Waals surface area (Å²) in [4.78, 5) is 13.0. The van der Waals surface area contributed by atoms with Gasteiger partial charge < -0.3 is 29.6 Å². The number of piperazine rings is 1. The third-order valence-corrected chi connectivity index (χ3v) is 4.94. The van der Waals surface area contributed by atoms with Crippen LogP contribution in [-0.4, -0.2) is 60.9 Å². The SMILES string of the molecule is [2H]C1([2H])N(C(=O)OC(C)(C)C)C([2H])([2H])C([2H])([2H])N(c2ccc(B3OC(C)(C)C(C)(C)O3)cc2N)C1([2H])[2H]. The number of hydrogen-bond donors (Lipinski definition) is 1. The van der Waals surface area contributed by atoms with Crippen molar-refractivity contribution in [1.29, 1.82) is 0 Å². The maximum atomic E-state index is 12.8. The highest BCUT2D eigenvalue weighted by Crippen LogP contribution is 2.37. The van der Waals surface area contributed by atoms with Crippen LogP contribution in [0, 0.1) is 0 Å². The van der Waals surface area contributed by atoms with Gasteiger partial charge >= 0.3 is 13.2 Å². The first-order chi connectivity index (χ1) is 16.3. The van der Waals surface area contributed by atoms with Crippen molar-refractivity contribution in [2.75, 3.05) is 36.6 Å². The number of anilines is 2. The molecule has 1 aromatic rings. The molecule has 2 N–H and O–H groups in total. The molecule has 8 heteroatoms. The summed E-state index contributed by atoms with van der Waals surface area (Å²) in [5.74, 6) is 0. The first-order valence-electron chi connectivity index (χ1n) is 13.4. The fraction of sp³-hybridized carbons (Fsp3) is 0.667. The van der Waals surface area contributed by atoms with E-state index in [1.807, 2.05) is 27.7 Å². The quantitative estimate of drug-likeness (QED) is 0.596. The number of amides is 1. The maximum absolute atomic E-state index is 12.8. The number of hydrogen-bond acceptors (Lipinski definition) is 6. The second-order valence-corrected chi connectivity index (χ2v) is 9.00. The summed E-state index contributed by atoms with van der Waals surface area (Å²) in [5.41, 5.74) is 3.72. The molecule has 2 fully saturated rings. The zero-order chi connectivity index (χ0) is 28.8. The minimum absolute atomic E-state index is 0.156. The molecule has 2 heterocycles. The van der Waals surface area contributed by atoms with Gasteiger partial charge in [0, 0.05) is 26.0 Å². The van der Waals surface area contributed by atoms with Gasteiger partial charge in [0.05, 0.1) is 33.5 Å². The van der Waals surface area contributed by atoms with E-state index in [-0.39, 0.29) is 16.3 Å². The maximum Gasteiger partial charge on any atom is 0.494 e. The number of benzene rings is 1. The molecule has 29 heavy (non-hydrogen) atoms. The molecule has 2 saturated heterocycles. The van der Waals surface area contributed by atoms with E-state index in [4.69, 9.17) is 30.7 Å². The van der Waals surface area contributed by atoms with Crippen LogP contribution in [0.2, 0.25) is 0 Å². The number of nitrogens with zero attached hydrogens (tertiary/aromatic N) is 2. The van der Waals surface area contributed by atoms with Gasteiger partial charge in [0.25, 0.3) is 0 Å². The third-order valence-electron chi connectivity index (χ3n) is 4.94. The van der Waals surface area contributed by atoms with Crippen molar-refractivity contribution < 1.29 is 29.8 Å². The molecule has 0 spiro atoms. The zero-order valence-electron chi connectivity index (χ0n) is 25.9. The number of carbonyl (C=O) groups is 1. The lowest BCUT2D eigenvalue weighted by Gasteiger charge is -2.37. The van der Waals surface area contributed by atoms with Crippen molar-refractivity contribution in [3.63, 3.8) is 0 Å². The van der Waals surface area contributed by atoms with Crippen molar-refractivity contribution in [3.8, 4) is 0 Å². The Morgan fingerprint density at radius 3 is 2.17 bits per heavy atom. The normalized spacial score (nSPS) is 32.4. The summed E-state index contributed by atoms with van der Waals surface area (Å²) in [6.07, 6.45) is -1.54. The third kappa shape index (κ3) is 4.64.